The molecule has 1 aromatic rings. The number of ether oxygens (including phenoxy) is 5. The van der Waals surface area contributed by atoms with Crippen molar-refractivity contribution in [3.8, 4) is 5.75 Å². The van der Waals surface area contributed by atoms with Gasteiger partial charge in [-0.05, 0) is 12.1 Å². The van der Waals surface area contributed by atoms with E-state index in [1.165, 1.54) is 0 Å². The minimum absolute atomic E-state index is 0.0198. The summed E-state index contributed by atoms with van der Waals surface area (Å²) in [6.45, 7) is 5.63. The maximum Gasteiger partial charge on any atom is 0.327 e. The van der Waals surface area contributed by atoms with Crippen LogP contribution in [0.1, 0.15) is 0 Å². The molecule has 0 spiro atoms. The average molecular weight is 402 g/mol. The number of hydrogen-bond donors (Lipinski definition) is 3. The second-order valence-corrected chi connectivity index (χ2v) is 5.02. The van der Waals surface area contributed by atoms with Crippen LogP contribution in [0.15, 0.2) is 43.0 Å². The number of benzene rings is 1. The van der Waals surface area contributed by atoms with Gasteiger partial charge in [-0.15, -0.1) is 0 Å². The van der Waals surface area contributed by atoms with Crippen LogP contribution in [-0.4, -0.2) is 87.0 Å². The van der Waals surface area contributed by atoms with Crippen LogP contribution in [0.25, 0.3) is 0 Å². The summed E-state index contributed by atoms with van der Waals surface area (Å²) >= 11 is 0. The molecular formula is C19H30O9. The summed E-state index contributed by atoms with van der Waals surface area (Å²) in [5.41, 5.74) is 0. The van der Waals surface area contributed by atoms with Crippen molar-refractivity contribution < 1.29 is 43.8 Å². The molecule has 0 heterocycles. The van der Waals surface area contributed by atoms with Gasteiger partial charge in [-0.2, -0.15) is 0 Å². The molecule has 9 nitrogen and oxygen atoms in total. The SMILES string of the molecule is C=CC(=O)O.OCCOCCOCCOCCOC(CO)Oc1ccccc1. The molecular weight excluding hydrogens is 372 g/mol. The summed E-state index contributed by atoms with van der Waals surface area (Å²) in [7, 11) is 0. The number of aliphatic hydroxyl groups is 2. The molecule has 1 rings (SSSR count). The van der Waals surface area contributed by atoms with Crippen LogP contribution in [0.3, 0.4) is 0 Å². The molecule has 3 N–H and O–H groups in total. The van der Waals surface area contributed by atoms with Crippen LogP contribution in [-0.2, 0) is 23.7 Å². The lowest BCUT2D eigenvalue weighted by Gasteiger charge is -2.17. The zero-order valence-corrected chi connectivity index (χ0v) is 15.9. The van der Waals surface area contributed by atoms with Crippen LogP contribution in [0.5, 0.6) is 5.75 Å². The highest BCUT2D eigenvalue weighted by molar-refractivity contribution is 5.78. The molecule has 0 aromatic heterocycles. The zero-order valence-electron chi connectivity index (χ0n) is 15.9. The van der Waals surface area contributed by atoms with E-state index in [1.807, 2.05) is 18.2 Å². The maximum atomic E-state index is 9.25. The monoisotopic (exact) mass is 402 g/mol. The quantitative estimate of drug-likeness (QED) is 0.208. The summed E-state index contributed by atoms with van der Waals surface area (Å²) in [5.74, 6) is -0.339. The van der Waals surface area contributed by atoms with E-state index in [2.05, 4.69) is 6.58 Å². The van der Waals surface area contributed by atoms with Crippen LogP contribution in [0.2, 0.25) is 0 Å². The van der Waals surface area contributed by atoms with Gasteiger partial charge in [0.2, 0.25) is 6.29 Å². The Kier molecular flexibility index (Phi) is 18.3. The van der Waals surface area contributed by atoms with Crippen molar-refractivity contribution in [2.75, 3.05) is 59.5 Å². The van der Waals surface area contributed by atoms with Gasteiger partial charge in [0, 0.05) is 6.08 Å². The summed E-state index contributed by atoms with van der Waals surface area (Å²) < 4.78 is 26.5. The Morgan fingerprint density at radius 2 is 1.43 bits per heavy atom. The smallest absolute Gasteiger partial charge is 0.327 e. The highest BCUT2D eigenvalue weighted by Crippen LogP contribution is 2.11. The van der Waals surface area contributed by atoms with Crippen molar-refractivity contribution in [3.63, 3.8) is 0 Å². The van der Waals surface area contributed by atoms with Gasteiger partial charge < -0.3 is 39.0 Å². The number of carboxylic acids is 1. The molecule has 28 heavy (non-hydrogen) atoms. The standard InChI is InChI=1S/C16H26O7.C3H4O2/c17-6-7-19-8-9-20-10-11-21-12-13-22-16(14-18)23-15-4-2-1-3-5-15;1-2-3(4)5/h1-5,16-18H,6-14H2;2H,1H2,(H,4,5). The molecule has 0 saturated carbocycles. The zero-order chi connectivity index (χ0) is 20.9. The molecule has 0 radical (unpaired) electrons. The fourth-order valence-corrected chi connectivity index (χ4v) is 1.62. The van der Waals surface area contributed by atoms with Gasteiger partial charge in [0.05, 0.1) is 52.9 Å². The van der Waals surface area contributed by atoms with Crippen molar-refractivity contribution in [2.45, 2.75) is 6.29 Å². The van der Waals surface area contributed by atoms with Crippen LogP contribution in [0, 0.1) is 0 Å². The topological polar surface area (TPSA) is 124 Å². The highest BCUT2D eigenvalue weighted by atomic mass is 16.7. The molecule has 0 fully saturated rings. The fourth-order valence-electron chi connectivity index (χ4n) is 1.62. The largest absolute Gasteiger partial charge is 0.478 e. The number of carbonyl (C=O) groups is 1. The molecule has 0 amide bonds. The first-order valence-corrected chi connectivity index (χ1v) is 8.77. The van der Waals surface area contributed by atoms with Crippen molar-refractivity contribution in [1.29, 1.82) is 0 Å². The second-order valence-electron chi connectivity index (χ2n) is 5.02. The number of rotatable bonds is 16. The summed E-state index contributed by atoms with van der Waals surface area (Å²) in [5, 5.41) is 25.3. The minimum atomic E-state index is -0.981. The number of para-hydroxylation sites is 1. The Bertz CT molecular complexity index is 482. The van der Waals surface area contributed by atoms with Crippen LogP contribution >= 0.6 is 0 Å². The molecule has 0 bridgehead atoms. The van der Waals surface area contributed by atoms with E-state index in [4.69, 9.17) is 33.9 Å². The predicted molar refractivity (Wildman–Crippen MR) is 101 cm³/mol. The molecule has 1 aromatic carbocycles. The lowest BCUT2D eigenvalue weighted by atomic mass is 10.3. The first kappa shape index (κ1) is 26.0. The lowest BCUT2D eigenvalue weighted by molar-refractivity contribution is -0.131. The Balaban J connectivity index is 0.00000129. The Morgan fingerprint density at radius 1 is 0.929 bits per heavy atom. The first-order chi connectivity index (χ1) is 13.6. The van der Waals surface area contributed by atoms with E-state index < -0.39 is 12.3 Å². The Hall–Kier alpha value is -2.01. The van der Waals surface area contributed by atoms with E-state index >= 15 is 0 Å². The molecule has 0 aliphatic carbocycles. The van der Waals surface area contributed by atoms with Crippen LogP contribution < -0.4 is 4.74 Å². The third-order valence-electron chi connectivity index (χ3n) is 2.85. The van der Waals surface area contributed by atoms with E-state index in [-0.39, 0.29) is 13.2 Å². The van der Waals surface area contributed by atoms with Crippen molar-refractivity contribution in [3.05, 3.63) is 43.0 Å². The summed E-state index contributed by atoms with van der Waals surface area (Å²) in [6, 6.07) is 9.17. The number of aliphatic carboxylic acids is 1. The third kappa shape index (κ3) is 17.4. The molecule has 1 atom stereocenters. The van der Waals surface area contributed by atoms with Gasteiger partial charge in [0.1, 0.15) is 12.4 Å². The van der Waals surface area contributed by atoms with E-state index in [1.54, 1.807) is 12.1 Å². The summed E-state index contributed by atoms with van der Waals surface area (Å²) in [4.78, 5) is 9.25. The van der Waals surface area contributed by atoms with Gasteiger partial charge in [-0.25, -0.2) is 4.79 Å². The molecule has 0 saturated heterocycles. The predicted octanol–water partition coefficient (Wildman–Crippen LogP) is 0.700. The van der Waals surface area contributed by atoms with Crippen molar-refractivity contribution in [2.24, 2.45) is 0 Å². The second kappa shape index (κ2) is 19.7. The van der Waals surface area contributed by atoms with E-state index in [0.29, 0.717) is 52.0 Å². The normalized spacial score (nSPS) is 11.2. The van der Waals surface area contributed by atoms with Gasteiger partial charge in [0.25, 0.3) is 0 Å². The molecule has 1 unspecified atom stereocenters. The van der Waals surface area contributed by atoms with E-state index in [9.17, 15) is 9.90 Å². The number of aliphatic hydroxyl groups excluding tert-OH is 2. The molecule has 160 valence electrons. The van der Waals surface area contributed by atoms with E-state index in [0.717, 1.165) is 6.08 Å². The lowest BCUT2D eigenvalue weighted by Crippen LogP contribution is -2.26. The van der Waals surface area contributed by atoms with Crippen molar-refractivity contribution >= 4 is 5.97 Å². The minimum Gasteiger partial charge on any atom is -0.478 e. The van der Waals surface area contributed by atoms with Crippen molar-refractivity contribution in [1.82, 2.24) is 0 Å². The Labute approximate surface area is 165 Å². The fraction of sp³-hybridized carbons (Fsp3) is 0.526. The first-order valence-electron chi connectivity index (χ1n) is 8.77. The van der Waals surface area contributed by atoms with Gasteiger partial charge in [0.15, 0.2) is 0 Å². The number of carboxylic acid groups (broad SMARTS) is 1. The average Bonchev–Trinajstić information content (AvgIpc) is 2.72. The van der Waals surface area contributed by atoms with Gasteiger partial charge in [-0.3, -0.25) is 0 Å². The van der Waals surface area contributed by atoms with Crippen LogP contribution in [0.4, 0.5) is 0 Å². The number of hydrogen-bond acceptors (Lipinski definition) is 8. The molecule has 0 aliphatic heterocycles. The van der Waals surface area contributed by atoms with Gasteiger partial charge >= 0.3 is 5.97 Å². The molecule has 0 aliphatic rings. The molecule has 9 heteroatoms. The summed E-state index contributed by atoms with van der Waals surface area (Å²) in [6.07, 6.45) is 0.126. The highest BCUT2D eigenvalue weighted by Gasteiger charge is 2.08. The van der Waals surface area contributed by atoms with Gasteiger partial charge in [-0.1, -0.05) is 24.8 Å². The maximum absolute atomic E-state index is 9.25. The Morgan fingerprint density at radius 3 is 1.89 bits per heavy atom. The third-order valence-corrected chi connectivity index (χ3v) is 2.85.